The van der Waals surface area contributed by atoms with Gasteiger partial charge >= 0.3 is 5.96 Å². The standard InChI is InChI=1S/C17H24N6/c1-5-13-6-7-15-14(8-13)12(4)20-17(21-15)22-16-18-9-23(10-19-16)11(2)3/h6-8,11H,5,9-10H2,1-4H3,(H2,18,19,20,21,22)/p+2. The first-order valence-corrected chi connectivity index (χ1v) is 8.30. The fourth-order valence-corrected chi connectivity index (χ4v) is 2.74. The van der Waals surface area contributed by atoms with Crippen LogP contribution in [0.4, 0.5) is 5.95 Å². The first-order chi connectivity index (χ1) is 11.1. The zero-order valence-electron chi connectivity index (χ0n) is 14.3. The molecule has 1 atom stereocenters. The molecule has 4 N–H and O–H groups in total. The van der Waals surface area contributed by atoms with Crippen LogP contribution in [0.1, 0.15) is 32.0 Å². The van der Waals surface area contributed by atoms with Gasteiger partial charge in [-0.2, -0.15) is 4.98 Å². The van der Waals surface area contributed by atoms with Gasteiger partial charge in [-0.25, -0.2) is 20.6 Å². The molecule has 0 fully saturated rings. The van der Waals surface area contributed by atoms with Crippen molar-refractivity contribution in [1.29, 1.82) is 0 Å². The number of anilines is 1. The van der Waals surface area contributed by atoms with Crippen molar-refractivity contribution >= 4 is 22.8 Å². The van der Waals surface area contributed by atoms with Crippen molar-refractivity contribution in [2.24, 2.45) is 0 Å². The predicted molar refractivity (Wildman–Crippen MR) is 92.2 cm³/mol. The average Bonchev–Trinajstić information content (AvgIpc) is 2.55. The van der Waals surface area contributed by atoms with Crippen molar-refractivity contribution in [2.45, 2.75) is 40.2 Å². The van der Waals surface area contributed by atoms with Crippen molar-refractivity contribution in [3.63, 3.8) is 0 Å². The number of nitrogens with one attached hydrogen (secondary N) is 4. The Bertz CT molecular complexity index is 737. The number of benzene rings is 1. The third-order valence-electron chi connectivity index (χ3n) is 4.40. The van der Waals surface area contributed by atoms with Gasteiger partial charge in [-0.05, 0) is 44.9 Å². The second-order valence-corrected chi connectivity index (χ2v) is 6.36. The van der Waals surface area contributed by atoms with E-state index in [0.29, 0.717) is 12.0 Å². The molecule has 0 saturated carbocycles. The van der Waals surface area contributed by atoms with E-state index in [1.807, 2.05) is 6.92 Å². The molecule has 0 aliphatic carbocycles. The molecule has 1 unspecified atom stereocenters. The van der Waals surface area contributed by atoms with E-state index in [1.54, 1.807) is 0 Å². The zero-order chi connectivity index (χ0) is 16.4. The molecule has 0 amide bonds. The van der Waals surface area contributed by atoms with E-state index in [0.717, 1.165) is 42.3 Å². The first kappa shape index (κ1) is 15.7. The van der Waals surface area contributed by atoms with Gasteiger partial charge in [-0.15, -0.1) is 0 Å². The van der Waals surface area contributed by atoms with E-state index in [-0.39, 0.29) is 0 Å². The van der Waals surface area contributed by atoms with E-state index >= 15 is 0 Å². The van der Waals surface area contributed by atoms with Gasteiger partial charge in [0, 0.05) is 5.39 Å². The number of guanidine groups is 1. The minimum Gasteiger partial charge on any atom is -0.275 e. The number of quaternary nitrogens is 1. The second-order valence-electron chi connectivity index (χ2n) is 6.36. The first-order valence-electron chi connectivity index (χ1n) is 8.30. The Kier molecular flexibility index (Phi) is 4.43. The Morgan fingerprint density at radius 2 is 2.17 bits per heavy atom. The lowest BCUT2D eigenvalue weighted by atomic mass is 10.1. The predicted octanol–water partition coefficient (Wildman–Crippen LogP) is -0.839. The summed E-state index contributed by atoms with van der Waals surface area (Å²) < 4.78 is 0. The molecule has 0 bridgehead atoms. The highest BCUT2D eigenvalue weighted by Crippen LogP contribution is 2.19. The molecule has 23 heavy (non-hydrogen) atoms. The average molecular weight is 314 g/mol. The second kappa shape index (κ2) is 6.50. The largest absolute Gasteiger partial charge is 0.359 e. The Labute approximate surface area is 137 Å². The Balaban J connectivity index is 1.81. The highest BCUT2D eigenvalue weighted by atomic mass is 15.4. The van der Waals surface area contributed by atoms with E-state index in [4.69, 9.17) is 0 Å². The van der Waals surface area contributed by atoms with Crippen molar-refractivity contribution in [3.8, 4) is 0 Å². The van der Waals surface area contributed by atoms with Crippen LogP contribution >= 0.6 is 0 Å². The molecule has 1 aromatic carbocycles. The van der Waals surface area contributed by atoms with Crippen LogP contribution in [0.5, 0.6) is 0 Å². The van der Waals surface area contributed by atoms with Gasteiger partial charge in [0.25, 0.3) is 5.95 Å². The van der Waals surface area contributed by atoms with Crippen molar-refractivity contribution in [1.82, 2.24) is 15.3 Å². The molecule has 0 radical (unpaired) electrons. The van der Waals surface area contributed by atoms with Crippen LogP contribution in [0.2, 0.25) is 0 Å². The van der Waals surface area contributed by atoms with Crippen LogP contribution in [0, 0.1) is 6.92 Å². The molecule has 2 heterocycles. The fraction of sp³-hybridized carbons (Fsp3) is 0.471. The van der Waals surface area contributed by atoms with E-state index in [1.165, 1.54) is 10.5 Å². The molecule has 3 rings (SSSR count). The number of aromatic nitrogens is 2. The van der Waals surface area contributed by atoms with Crippen molar-refractivity contribution in [3.05, 3.63) is 29.5 Å². The SMILES string of the molecule is CCc1ccc2nc(NC3=[NH+]C[NH+](C(C)C)CN3)nc(C)c2c1. The minimum absolute atomic E-state index is 0.587. The van der Waals surface area contributed by atoms with Gasteiger partial charge in [0.1, 0.15) is 0 Å². The molecule has 6 heteroatoms. The molecule has 2 aromatic rings. The van der Waals surface area contributed by atoms with E-state index in [2.05, 4.69) is 64.6 Å². The molecular formula is C17H26N6+2. The number of nitrogens with zero attached hydrogens (tertiary/aromatic N) is 2. The van der Waals surface area contributed by atoms with E-state index in [9.17, 15) is 0 Å². The summed E-state index contributed by atoms with van der Waals surface area (Å²) in [5.74, 6) is 1.50. The van der Waals surface area contributed by atoms with Crippen LogP contribution in [0.25, 0.3) is 10.9 Å². The number of fused-ring (bicyclic) bond motifs is 1. The third kappa shape index (κ3) is 3.42. The third-order valence-corrected chi connectivity index (χ3v) is 4.40. The summed E-state index contributed by atoms with van der Waals surface area (Å²) in [6.45, 7) is 10.4. The lowest BCUT2D eigenvalue weighted by molar-refractivity contribution is -0.997. The molecule has 0 saturated heterocycles. The summed E-state index contributed by atoms with van der Waals surface area (Å²) in [5.41, 5.74) is 3.29. The highest BCUT2D eigenvalue weighted by molar-refractivity contribution is 5.89. The van der Waals surface area contributed by atoms with Crippen LogP contribution in [0.15, 0.2) is 18.2 Å². The smallest absolute Gasteiger partial charge is 0.275 e. The van der Waals surface area contributed by atoms with Gasteiger partial charge < -0.3 is 0 Å². The number of hydrogen-bond donors (Lipinski definition) is 4. The van der Waals surface area contributed by atoms with Crippen molar-refractivity contribution in [2.75, 3.05) is 18.7 Å². The quantitative estimate of drug-likeness (QED) is 0.596. The molecule has 1 aliphatic rings. The molecule has 1 aliphatic heterocycles. The molecule has 0 spiro atoms. The number of hydrogen-bond acceptors (Lipinski definition) is 4. The lowest BCUT2D eigenvalue weighted by Crippen LogP contribution is -3.26. The van der Waals surface area contributed by atoms with Crippen LogP contribution in [-0.4, -0.2) is 35.3 Å². The summed E-state index contributed by atoms with van der Waals surface area (Å²) in [4.78, 5) is 14.1. The maximum absolute atomic E-state index is 4.63. The topological polar surface area (TPSA) is 68.2 Å². The summed E-state index contributed by atoms with van der Waals surface area (Å²) in [5, 5.41) is 7.75. The Morgan fingerprint density at radius 1 is 1.35 bits per heavy atom. The normalized spacial score (nSPS) is 18.0. The van der Waals surface area contributed by atoms with Gasteiger partial charge in [0.15, 0.2) is 13.3 Å². The summed E-state index contributed by atoms with van der Waals surface area (Å²) in [6.07, 6.45) is 1.02. The summed E-state index contributed by atoms with van der Waals surface area (Å²) in [7, 11) is 0. The monoisotopic (exact) mass is 314 g/mol. The molecular weight excluding hydrogens is 288 g/mol. The lowest BCUT2D eigenvalue weighted by Gasteiger charge is -2.23. The highest BCUT2D eigenvalue weighted by Gasteiger charge is 2.22. The number of aryl methyl sites for hydroxylation is 2. The molecule has 1 aromatic heterocycles. The Hall–Kier alpha value is -2.21. The van der Waals surface area contributed by atoms with Gasteiger partial charge in [0.2, 0.25) is 0 Å². The Morgan fingerprint density at radius 3 is 2.83 bits per heavy atom. The van der Waals surface area contributed by atoms with Crippen LogP contribution in [0.3, 0.4) is 0 Å². The summed E-state index contributed by atoms with van der Waals surface area (Å²) >= 11 is 0. The fourth-order valence-electron chi connectivity index (χ4n) is 2.74. The summed E-state index contributed by atoms with van der Waals surface area (Å²) in [6, 6.07) is 6.98. The van der Waals surface area contributed by atoms with Gasteiger partial charge in [0.05, 0.1) is 17.3 Å². The van der Waals surface area contributed by atoms with Gasteiger partial charge in [-0.1, -0.05) is 13.0 Å². The zero-order valence-corrected chi connectivity index (χ0v) is 14.3. The maximum atomic E-state index is 4.63. The maximum Gasteiger partial charge on any atom is 0.359 e. The number of rotatable bonds is 3. The molecule has 122 valence electrons. The van der Waals surface area contributed by atoms with E-state index < -0.39 is 0 Å². The van der Waals surface area contributed by atoms with Crippen molar-refractivity contribution < 1.29 is 9.89 Å². The van der Waals surface area contributed by atoms with Crippen LogP contribution < -0.4 is 20.5 Å². The molecule has 6 nitrogen and oxygen atoms in total. The minimum atomic E-state index is 0.587. The van der Waals surface area contributed by atoms with Gasteiger partial charge in [-0.3, -0.25) is 4.90 Å². The van der Waals surface area contributed by atoms with Crippen LogP contribution in [-0.2, 0) is 6.42 Å².